The molecule has 0 saturated heterocycles. The quantitative estimate of drug-likeness (QED) is 0.546. The lowest BCUT2D eigenvalue weighted by atomic mass is 9.94. The Hall–Kier alpha value is -3.74. The van der Waals surface area contributed by atoms with Gasteiger partial charge in [0.05, 0.1) is 6.26 Å². The number of amides is 2. The molecule has 3 aromatic rings. The van der Waals surface area contributed by atoms with Crippen molar-refractivity contribution in [2.24, 2.45) is 0 Å². The summed E-state index contributed by atoms with van der Waals surface area (Å²) < 4.78 is 16.4. The van der Waals surface area contributed by atoms with E-state index in [-0.39, 0.29) is 37.0 Å². The van der Waals surface area contributed by atoms with Crippen LogP contribution in [0.2, 0.25) is 0 Å². The number of carbonyl (C=O) groups is 2. The van der Waals surface area contributed by atoms with Crippen molar-refractivity contribution in [3.05, 3.63) is 83.8 Å². The van der Waals surface area contributed by atoms with Crippen LogP contribution in [0.15, 0.2) is 71.3 Å². The number of hydrogen-bond acceptors (Lipinski definition) is 5. The van der Waals surface area contributed by atoms with Gasteiger partial charge in [-0.2, -0.15) is 0 Å². The standard InChI is InChI=1S/C27H28N2O5/c30-26(28-21-10-5-2-6-11-21)25(20-8-3-1-4-9-20)29(27(31)23-12-7-15-32-23)17-19-13-14-22-24(16-19)34-18-33-22/h1,3-4,7-9,12-16,21,25H,2,5-6,10-11,17-18H2,(H,28,30)/t25-/m1/s1. The fourth-order valence-electron chi connectivity index (χ4n) is 4.69. The molecule has 7 nitrogen and oxygen atoms in total. The SMILES string of the molecule is O=C(NC1CCCCC1)[C@@H](c1ccccc1)N(Cc1ccc2c(c1)OCO2)C(=O)c1ccco1. The Balaban J connectivity index is 1.50. The van der Waals surface area contributed by atoms with Crippen molar-refractivity contribution in [1.82, 2.24) is 10.2 Å². The summed E-state index contributed by atoms with van der Waals surface area (Å²) in [5.41, 5.74) is 1.58. The molecule has 1 saturated carbocycles. The van der Waals surface area contributed by atoms with E-state index in [1.807, 2.05) is 48.5 Å². The number of furan rings is 1. The molecule has 5 rings (SSSR count). The minimum absolute atomic E-state index is 0.124. The van der Waals surface area contributed by atoms with Gasteiger partial charge in [-0.25, -0.2) is 0 Å². The first kappa shape index (κ1) is 22.1. The molecule has 176 valence electrons. The second-order valence-corrected chi connectivity index (χ2v) is 8.75. The smallest absolute Gasteiger partial charge is 0.290 e. The van der Waals surface area contributed by atoms with Crippen LogP contribution >= 0.6 is 0 Å². The Morgan fingerprint density at radius 2 is 1.74 bits per heavy atom. The first-order valence-electron chi connectivity index (χ1n) is 11.8. The number of nitrogens with zero attached hydrogens (tertiary/aromatic N) is 1. The van der Waals surface area contributed by atoms with Crippen LogP contribution in [0.5, 0.6) is 11.5 Å². The number of carbonyl (C=O) groups excluding carboxylic acids is 2. The van der Waals surface area contributed by atoms with Crippen molar-refractivity contribution in [1.29, 1.82) is 0 Å². The lowest BCUT2D eigenvalue weighted by Crippen LogP contribution is -2.46. The first-order chi connectivity index (χ1) is 16.7. The predicted octanol–water partition coefficient (Wildman–Crippen LogP) is 4.84. The van der Waals surface area contributed by atoms with Crippen LogP contribution in [0.3, 0.4) is 0 Å². The summed E-state index contributed by atoms with van der Waals surface area (Å²) in [7, 11) is 0. The van der Waals surface area contributed by atoms with E-state index in [4.69, 9.17) is 13.9 Å². The fraction of sp³-hybridized carbons (Fsp3) is 0.333. The van der Waals surface area contributed by atoms with Gasteiger partial charge < -0.3 is 24.1 Å². The van der Waals surface area contributed by atoms with Crippen molar-refractivity contribution < 1.29 is 23.5 Å². The largest absolute Gasteiger partial charge is 0.459 e. The lowest BCUT2D eigenvalue weighted by Gasteiger charge is -2.33. The highest BCUT2D eigenvalue weighted by atomic mass is 16.7. The Labute approximate surface area is 198 Å². The van der Waals surface area contributed by atoms with Crippen molar-refractivity contribution >= 4 is 11.8 Å². The summed E-state index contributed by atoms with van der Waals surface area (Å²) in [6.45, 7) is 0.373. The first-order valence-corrected chi connectivity index (χ1v) is 11.8. The summed E-state index contributed by atoms with van der Waals surface area (Å²) >= 11 is 0. The maximum atomic E-state index is 13.7. The van der Waals surface area contributed by atoms with Gasteiger partial charge in [0.1, 0.15) is 6.04 Å². The van der Waals surface area contributed by atoms with Crippen molar-refractivity contribution in [3.8, 4) is 11.5 Å². The number of fused-ring (bicyclic) bond motifs is 1. The van der Waals surface area contributed by atoms with Gasteiger partial charge in [-0.3, -0.25) is 9.59 Å². The minimum Gasteiger partial charge on any atom is -0.459 e. The van der Waals surface area contributed by atoms with Gasteiger partial charge in [-0.05, 0) is 48.2 Å². The highest BCUT2D eigenvalue weighted by Gasteiger charge is 2.34. The average molecular weight is 461 g/mol. The highest BCUT2D eigenvalue weighted by Crippen LogP contribution is 2.34. The third-order valence-corrected chi connectivity index (χ3v) is 6.41. The van der Waals surface area contributed by atoms with Gasteiger partial charge >= 0.3 is 0 Å². The molecule has 1 aliphatic heterocycles. The van der Waals surface area contributed by atoms with E-state index in [1.165, 1.54) is 12.7 Å². The zero-order chi connectivity index (χ0) is 23.3. The minimum atomic E-state index is -0.814. The molecule has 0 unspecified atom stereocenters. The number of rotatable bonds is 7. The van der Waals surface area contributed by atoms with Crippen LogP contribution in [0.1, 0.15) is 59.8 Å². The number of ether oxygens (including phenoxy) is 2. The molecule has 2 aromatic carbocycles. The molecule has 0 radical (unpaired) electrons. The van der Waals surface area contributed by atoms with E-state index < -0.39 is 6.04 Å². The molecular formula is C27H28N2O5. The van der Waals surface area contributed by atoms with Crippen LogP contribution in [0.25, 0.3) is 0 Å². The molecule has 34 heavy (non-hydrogen) atoms. The molecule has 0 bridgehead atoms. The summed E-state index contributed by atoms with van der Waals surface area (Å²) in [6, 6.07) is 17.6. The normalized spacial score (nSPS) is 16.1. The lowest BCUT2D eigenvalue weighted by molar-refractivity contribution is -0.127. The van der Waals surface area contributed by atoms with E-state index in [0.29, 0.717) is 11.5 Å². The van der Waals surface area contributed by atoms with Crippen LogP contribution in [0.4, 0.5) is 0 Å². The highest BCUT2D eigenvalue weighted by molar-refractivity contribution is 5.96. The average Bonchev–Trinajstić information content (AvgIpc) is 3.57. The zero-order valence-corrected chi connectivity index (χ0v) is 18.9. The fourth-order valence-corrected chi connectivity index (χ4v) is 4.69. The zero-order valence-electron chi connectivity index (χ0n) is 18.9. The van der Waals surface area contributed by atoms with E-state index in [1.54, 1.807) is 17.0 Å². The molecule has 0 spiro atoms. The molecule has 1 aromatic heterocycles. The van der Waals surface area contributed by atoms with E-state index in [2.05, 4.69) is 5.32 Å². The summed E-state index contributed by atoms with van der Waals surface area (Å²) in [5.74, 6) is 0.953. The second-order valence-electron chi connectivity index (χ2n) is 8.75. The van der Waals surface area contributed by atoms with Gasteiger partial charge in [0.15, 0.2) is 17.3 Å². The number of benzene rings is 2. The maximum absolute atomic E-state index is 13.7. The molecule has 1 atom stereocenters. The third-order valence-electron chi connectivity index (χ3n) is 6.41. The predicted molar refractivity (Wildman–Crippen MR) is 125 cm³/mol. The van der Waals surface area contributed by atoms with Crippen molar-refractivity contribution in [2.45, 2.75) is 50.7 Å². The third kappa shape index (κ3) is 4.78. The van der Waals surface area contributed by atoms with Crippen molar-refractivity contribution in [2.75, 3.05) is 6.79 Å². The van der Waals surface area contributed by atoms with Gasteiger partial charge in [0.2, 0.25) is 12.7 Å². The monoisotopic (exact) mass is 460 g/mol. The van der Waals surface area contributed by atoms with Gasteiger partial charge in [0, 0.05) is 12.6 Å². The summed E-state index contributed by atoms with van der Waals surface area (Å²) in [6.07, 6.45) is 6.79. The van der Waals surface area contributed by atoms with E-state index >= 15 is 0 Å². The van der Waals surface area contributed by atoms with Crippen LogP contribution in [-0.4, -0.2) is 29.5 Å². The Morgan fingerprint density at radius 3 is 2.50 bits per heavy atom. The summed E-state index contributed by atoms with van der Waals surface area (Å²) in [4.78, 5) is 28.9. The molecular weight excluding hydrogens is 432 g/mol. The molecule has 1 aliphatic carbocycles. The molecule has 1 N–H and O–H groups in total. The second kappa shape index (κ2) is 10.0. The molecule has 2 amide bonds. The molecule has 2 heterocycles. The Bertz CT molecular complexity index is 1120. The van der Waals surface area contributed by atoms with Gasteiger partial charge in [0.25, 0.3) is 5.91 Å². The van der Waals surface area contributed by atoms with Gasteiger partial charge in [-0.1, -0.05) is 55.7 Å². The Morgan fingerprint density at radius 1 is 0.941 bits per heavy atom. The van der Waals surface area contributed by atoms with Crippen LogP contribution in [-0.2, 0) is 11.3 Å². The molecule has 1 fully saturated rings. The molecule has 7 heteroatoms. The topological polar surface area (TPSA) is 81.0 Å². The maximum Gasteiger partial charge on any atom is 0.290 e. The van der Waals surface area contributed by atoms with E-state index in [9.17, 15) is 9.59 Å². The number of nitrogens with one attached hydrogen (secondary N) is 1. The summed E-state index contributed by atoms with van der Waals surface area (Å²) in [5, 5.41) is 3.22. The molecule has 2 aliphatic rings. The van der Waals surface area contributed by atoms with Crippen LogP contribution < -0.4 is 14.8 Å². The van der Waals surface area contributed by atoms with Crippen LogP contribution in [0, 0.1) is 0 Å². The van der Waals surface area contributed by atoms with E-state index in [0.717, 1.165) is 36.8 Å². The number of hydrogen-bond donors (Lipinski definition) is 1. The Kier molecular flexibility index (Phi) is 6.51. The van der Waals surface area contributed by atoms with Gasteiger partial charge in [-0.15, -0.1) is 0 Å². The van der Waals surface area contributed by atoms with Crippen molar-refractivity contribution in [3.63, 3.8) is 0 Å².